The Labute approximate surface area is 130 Å². The topological polar surface area (TPSA) is 95.7 Å². The summed E-state index contributed by atoms with van der Waals surface area (Å²) >= 11 is 1.53. The average Bonchev–Trinajstić information content (AvgIpc) is 2.83. The highest BCUT2D eigenvalue weighted by atomic mass is 32.2. The summed E-state index contributed by atoms with van der Waals surface area (Å²) < 4.78 is 0. The third kappa shape index (κ3) is 7.04. The molecular weight excluding hydrogens is 290 g/mol. The molecule has 0 aromatic heterocycles. The van der Waals surface area contributed by atoms with E-state index in [0.717, 1.165) is 25.0 Å². The SMILES string of the molecule is CC(C)C[C@@H](CSCC(N)=O)NC[C@H]1CCCN1C(=O)O. The van der Waals surface area contributed by atoms with E-state index >= 15 is 0 Å². The van der Waals surface area contributed by atoms with Crippen molar-refractivity contribution in [3.63, 3.8) is 0 Å². The van der Waals surface area contributed by atoms with Crippen molar-refractivity contribution in [2.75, 3.05) is 24.6 Å². The summed E-state index contributed by atoms with van der Waals surface area (Å²) in [6.45, 7) is 5.63. The number of hydrogen-bond donors (Lipinski definition) is 3. The number of thioether (sulfide) groups is 1. The lowest BCUT2D eigenvalue weighted by molar-refractivity contribution is -0.115. The molecule has 2 atom stereocenters. The fourth-order valence-corrected chi connectivity index (χ4v) is 3.54. The lowest BCUT2D eigenvalue weighted by Crippen LogP contribution is -2.45. The minimum Gasteiger partial charge on any atom is -0.465 e. The van der Waals surface area contributed by atoms with Gasteiger partial charge in [-0.25, -0.2) is 4.79 Å². The Kier molecular flexibility index (Phi) is 7.88. The molecule has 1 fully saturated rings. The summed E-state index contributed by atoms with van der Waals surface area (Å²) in [6, 6.07) is 0.351. The van der Waals surface area contributed by atoms with Crippen LogP contribution in [0.25, 0.3) is 0 Å². The molecule has 21 heavy (non-hydrogen) atoms. The smallest absolute Gasteiger partial charge is 0.407 e. The molecule has 2 amide bonds. The first-order valence-corrected chi connectivity index (χ1v) is 8.64. The number of nitrogens with two attached hydrogens (primary N) is 1. The van der Waals surface area contributed by atoms with Crippen LogP contribution in [-0.2, 0) is 4.79 Å². The minimum absolute atomic E-state index is 0.0679. The zero-order valence-electron chi connectivity index (χ0n) is 12.9. The maximum Gasteiger partial charge on any atom is 0.407 e. The van der Waals surface area contributed by atoms with Gasteiger partial charge in [0.1, 0.15) is 0 Å². The molecule has 7 heteroatoms. The van der Waals surface area contributed by atoms with Crippen molar-refractivity contribution in [3.05, 3.63) is 0 Å². The third-order valence-corrected chi connectivity index (χ3v) is 4.71. The molecule has 4 N–H and O–H groups in total. The summed E-state index contributed by atoms with van der Waals surface area (Å²) in [5, 5.41) is 12.6. The first-order valence-electron chi connectivity index (χ1n) is 7.49. The largest absolute Gasteiger partial charge is 0.465 e. The van der Waals surface area contributed by atoms with Gasteiger partial charge in [0.15, 0.2) is 0 Å². The van der Waals surface area contributed by atoms with Crippen molar-refractivity contribution in [3.8, 4) is 0 Å². The summed E-state index contributed by atoms with van der Waals surface area (Å²) in [5.74, 6) is 1.41. The molecule has 0 aliphatic carbocycles. The van der Waals surface area contributed by atoms with Gasteiger partial charge in [0, 0.05) is 30.9 Å². The van der Waals surface area contributed by atoms with E-state index < -0.39 is 6.09 Å². The van der Waals surface area contributed by atoms with Gasteiger partial charge in [0.2, 0.25) is 5.91 Å². The van der Waals surface area contributed by atoms with E-state index in [1.807, 2.05) is 0 Å². The van der Waals surface area contributed by atoms with Crippen LogP contribution in [0.3, 0.4) is 0 Å². The van der Waals surface area contributed by atoms with Gasteiger partial charge < -0.3 is 21.1 Å². The molecule has 0 aromatic rings. The van der Waals surface area contributed by atoms with Gasteiger partial charge >= 0.3 is 6.09 Å². The van der Waals surface area contributed by atoms with E-state index in [-0.39, 0.29) is 18.0 Å². The Morgan fingerprint density at radius 3 is 2.76 bits per heavy atom. The number of amides is 2. The Morgan fingerprint density at radius 1 is 1.48 bits per heavy atom. The number of nitrogens with zero attached hydrogens (tertiary/aromatic N) is 1. The van der Waals surface area contributed by atoms with E-state index in [1.54, 1.807) is 0 Å². The van der Waals surface area contributed by atoms with Gasteiger partial charge in [-0.05, 0) is 25.2 Å². The molecule has 1 heterocycles. The van der Waals surface area contributed by atoms with E-state index in [9.17, 15) is 9.59 Å². The molecule has 0 unspecified atom stereocenters. The number of carbonyl (C=O) groups is 2. The predicted molar refractivity (Wildman–Crippen MR) is 85.5 cm³/mol. The highest BCUT2D eigenvalue weighted by molar-refractivity contribution is 7.99. The maximum atomic E-state index is 11.1. The number of carboxylic acid groups (broad SMARTS) is 1. The van der Waals surface area contributed by atoms with E-state index in [1.165, 1.54) is 16.7 Å². The molecular formula is C14H27N3O3S. The summed E-state index contributed by atoms with van der Waals surface area (Å²) in [4.78, 5) is 23.4. The normalized spacial score (nSPS) is 20.0. The second-order valence-electron chi connectivity index (χ2n) is 5.99. The predicted octanol–water partition coefficient (Wildman–Crippen LogP) is 1.35. The Morgan fingerprint density at radius 2 is 2.19 bits per heavy atom. The van der Waals surface area contributed by atoms with Crippen molar-refractivity contribution < 1.29 is 14.7 Å². The quantitative estimate of drug-likeness (QED) is 0.596. The van der Waals surface area contributed by atoms with Gasteiger partial charge in [-0.2, -0.15) is 11.8 Å². The van der Waals surface area contributed by atoms with Crippen molar-refractivity contribution in [2.45, 2.75) is 45.2 Å². The molecule has 122 valence electrons. The molecule has 1 aliphatic heterocycles. The van der Waals surface area contributed by atoms with Gasteiger partial charge in [-0.1, -0.05) is 13.8 Å². The number of nitrogens with one attached hydrogen (secondary N) is 1. The molecule has 1 rings (SSSR count). The first-order chi connectivity index (χ1) is 9.90. The molecule has 6 nitrogen and oxygen atoms in total. The second kappa shape index (κ2) is 9.15. The number of hydrogen-bond acceptors (Lipinski definition) is 4. The number of rotatable bonds is 9. The summed E-state index contributed by atoms with van der Waals surface area (Å²) in [6.07, 6.45) is 2.03. The fourth-order valence-electron chi connectivity index (χ4n) is 2.68. The van der Waals surface area contributed by atoms with Crippen molar-refractivity contribution in [1.29, 1.82) is 0 Å². The van der Waals surface area contributed by atoms with E-state index in [4.69, 9.17) is 10.8 Å². The standard InChI is InChI=1S/C14H27N3O3S/c1-10(2)6-11(8-21-9-13(15)18)16-7-12-4-3-5-17(12)14(19)20/h10-12,16H,3-9H2,1-2H3,(H2,15,18)(H,19,20)/t11-,12+/m0/s1. The monoisotopic (exact) mass is 317 g/mol. The number of primary amides is 1. The van der Waals surface area contributed by atoms with Crippen LogP contribution in [0.5, 0.6) is 0 Å². The van der Waals surface area contributed by atoms with Crippen LogP contribution in [0.4, 0.5) is 4.79 Å². The highest BCUT2D eigenvalue weighted by Crippen LogP contribution is 2.17. The van der Waals surface area contributed by atoms with Gasteiger partial charge in [0.25, 0.3) is 0 Å². The van der Waals surface area contributed by atoms with E-state index in [0.29, 0.717) is 24.8 Å². The third-order valence-electron chi connectivity index (χ3n) is 3.58. The summed E-state index contributed by atoms with van der Waals surface area (Å²) in [5.41, 5.74) is 5.15. The molecule has 0 aromatic carbocycles. The second-order valence-corrected chi connectivity index (χ2v) is 7.02. The van der Waals surface area contributed by atoms with Crippen molar-refractivity contribution in [2.24, 2.45) is 11.7 Å². The lowest BCUT2D eigenvalue weighted by atomic mass is 10.0. The first kappa shape index (κ1) is 18.1. The Bertz CT molecular complexity index is 352. The summed E-state index contributed by atoms with van der Waals surface area (Å²) in [7, 11) is 0. The van der Waals surface area contributed by atoms with Crippen LogP contribution < -0.4 is 11.1 Å². The van der Waals surface area contributed by atoms with Crippen LogP contribution >= 0.6 is 11.8 Å². The van der Waals surface area contributed by atoms with Crippen molar-refractivity contribution in [1.82, 2.24) is 10.2 Å². The zero-order chi connectivity index (χ0) is 15.8. The molecule has 0 bridgehead atoms. The van der Waals surface area contributed by atoms with Gasteiger partial charge in [-0.3, -0.25) is 4.79 Å². The van der Waals surface area contributed by atoms with Gasteiger partial charge in [-0.15, -0.1) is 0 Å². The number of likely N-dealkylation sites (tertiary alicyclic amines) is 1. The Balaban J connectivity index is 2.40. The molecule has 0 spiro atoms. The Hall–Kier alpha value is -0.950. The molecule has 0 saturated carbocycles. The molecule has 1 saturated heterocycles. The van der Waals surface area contributed by atoms with Crippen molar-refractivity contribution >= 4 is 23.8 Å². The van der Waals surface area contributed by atoms with Crippen LogP contribution in [0.2, 0.25) is 0 Å². The van der Waals surface area contributed by atoms with Gasteiger partial charge in [0.05, 0.1) is 5.75 Å². The molecule has 1 aliphatic rings. The number of carbonyl (C=O) groups excluding carboxylic acids is 1. The zero-order valence-corrected chi connectivity index (χ0v) is 13.7. The van der Waals surface area contributed by atoms with Crippen LogP contribution in [0.15, 0.2) is 0 Å². The minimum atomic E-state index is -0.831. The average molecular weight is 317 g/mol. The van der Waals surface area contributed by atoms with Crippen LogP contribution in [-0.4, -0.2) is 58.7 Å². The fraction of sp³-hybridized carbons (Fsp3) is 0.857. The molecule has 0 radical (unpaired) electrons. The van der Waals surface area contributed by atoms with Crippen LogP contribution in [0, 0.1) is 5.92 Å². The van der Waals surface area contributed by atoms with E-state index in [2.05, 4.69) is 19.2 Å². The highest BCUT2D eigenvalue weighted by Gasteiger charge is 2.28. The van der Waals surface area contributed by atoms with Crippen LogP contribution in [0.1, 0.15) is 33.1 Å². The maximum absolute atomic E-state index is 11.1. The lowest BCUT2D eigenvalue weighted by Gasteiger charge is -2.26.